The second-order valence-corrected chi connectivity index (χ2v) is 5.14. The third-order valence-electron chi connectivity index (χ3n) is 4.02. The van der Waals surface area contributed by atoms with Crippen LogP contribution in [0.15, 0.2) is 0 Å². The molecule has 0 saturated heterocycles. The van der Waals surface area contributed by atoms with Gasteiger partial charge in [0.1, 0.15) is 0 Å². The molecule has 4 atom stereocenters. The van der Waals surface area contributed by atoms with Crippen molar-refractivity contribution in [3.8, 4) is 0 Å². The predicted octanol–water partition coefficient (Wildman–Crippen LogP) is 2.07. The minimum absolute atomic E-state index is 0.0795. The fraction of sp³-hybridized carbons (Fsp3) is 1.00. The second kappa shape index (κ2) is 4.63. The van der Waals surface area contributed by atoms with Gasteiger partial charge in [-0.15, -0.1) is 0 Å². The molecule has 0 heterocycles. The van der Waals surface area contributed by atoms with Gasteiger partial charge in [-0.2, -0.15) is 0 Å². The van der Waals surface area contributed by atoms with E-state index in [1.54, 1.807) is 0 Å². The van der Waals surface area contributed by atoms with Crippen LogP contribution in [0.3, 0.4) is 0 Å². The van der Waals surface area contributed by atoms with E-state index in [4.69, 9.17) is 0 Å². The Labute approximate surface area is 87.1 Å². The Hall–Kier alpha value is -0.0800. The first-order chi connectivity index (χ1) is 6.77. The number of hydrogen-bond donors (Lipinski definition) is 2. The summed E-state index contributed by atoms with van der Waals surface area (Å²) in [5, 5.41) is 13.4. The van der Waals surface area contributed by atoms with Crippen LogP contribution in [0, 0.1) is 5.92 Å². The minimum atomic E-state index is -0.0795. The smallest absolute Gasteiger partial charge is 0.0693 e. The maximum Gasteiger partial charge on any atom is 0.0693 e. The minimum Gasteiger partial charge on any atom is -0.392 e. The van der Waals surface area contributed by atoms with E-state index in [0.717, 1.165) is 12.3 Å². The summed E-state index contributed by atoms with van der Waals surface area (Å²) in [5.74, 6) is 0.802. The third kappa shape index (κ3) is 2.29. The third-order valence-corrected chi connectivity index (χ3v) is 4.02. The van der Waals surface area contributed by atoms with Crippen LogP contribution in [0.25, 0.3) is 0 Å². The second-order valence-electron chi connectivity index (χ2n) is 5.14. The van der Waals surface area contributed by atoms with E-state index in [0.29, 0.717) is 12.1 Å². The summed E-state index contributed by atoms with van der Waals surface area (Å²) in [6, 6.07) is 1.06. The molecule has 0 aliphatic heterocycles. The Bertz CT molecular complexity index is 183. The van der Waals surface area contributed by atoms with Crippen molar-refractivity contribution in [2.75, 3.05) is 0 Å². The van der Waals surface area contributed by atoms with Gasteiger partial charge in [0.2, 0.25) is 0 Å². The Morgan fingerprint density at radius 3 is 2.29 bits per heavy atom. The number of nitrogens with one attached hydrogen (secondary N) is 1. The molecule has 0 amide bonds. The average Bonchev–Trinajstić information content (AvgIpc) is 2.56. The molecular weight excluding hydrogens is 174 g/mol. The number of rotatable bonds is 2. The lowest BCUT2D eigenvalue weighted by atomic mass is 9.85. The topological polar surface area (TPSA) is 32.3 Å². The van der Waals surface area contributed by atoms with E-state index in [9.17, 15) is 5.11 Å². The summed E-state index contributed by atoms with van der Waals surface area (Å²) in [6.45, 7) is 2.35. The number of aliphatic hydroxyl groups excluding tert-OH is 1. The Morgan fingerprint density at radius 1 is 0.929 bits per heavy atom. The summed E-state index contributed by atoms with van der Waals surface area (Å²) in [7, 11) is 0. The summed E-state index contributed by atoms with van der Waals surface area (Å²) in [5.41, 5.74) is 0. The Kier molecular flexibility index (Phi) is 3.45. The molecule has 2 N–H and O–H groups in total. The van der Waals surface area contributed by atoms with Crippen LogP contribution in [0.1, 0.15) is 51.9 Å². The van der Waals surface area contributed by atoms with Crippen molar-refractivity contribution < 1.29 is 5.11 Å². The number of hydrogen-bond acceptors (Lipinski definition) is 2. The van der Waals surface area contributed by atoms with Gasteiger partial charge >= 0.3 is 0 Å². The van der Waals surface area contributed by atoms with E-state index < -0.39 is 0 Å². The molecule has 2 rings (SSSR count). The van der Waals surface area contributed by atoms with Gasteiger partial charge in [-0.3, -0.25) is 0 Å². The van der Waals surface area contributed by atoms with E-state index >= 15 is 0 Å². The SMILES string of the molecule is CC1CCCCC1N[C@@H]1CCC[C@H]1O. The quantitative estimate of drug-likeness (QED) is 0.710. The van der Waals surface area contributed by atoms with Gasteiger partial charge in [-0.1, -0.05) is 19.8 Å². The molecule has 0 radical (unpaired) electrons. The van der Waals surface area contributed by atoms with E-state index in [2.05, 4.69) is 12.2 Å². The van der Waals surface area contributed by atoms with E-state index in [-0.39, 0.29) is 6.10 Å². The molecule has 2 aliphatic rings. The molecule has 0 aromatic rings. The predicted molar refractivity (Wildman–Crippen MR) is 58.2 cm³/mol. The molecule has 0 aromatic heterocycles. The van der Waals surface area contributed by atoms with Crippen LogP contribution in [0.2, 0.25) is 0 Å². The molecule has 0 spiro atoms. The average molecular weight is 197 g/mol. The molecule has 0 bridgehead atoms. The highest BCUT2D eigenvalue weighted by Gasteiger charge is 2.29. The zero-order valence-corrected chi connectivity index (χ0v) is 9.21. The first-order valence-electron chi connectivity index (χ1n) is 6.21. The van der Waals surface area contributed by atoms with Crippen LogP contribution in [-0.4, -0.2) is 23.3 Å². The standard InChI is InChI=1S/C12H23NO/c1-9-5-2-3-6-10(9)13-11-7-4-8-12(11)14/h9-14H,2-8H2,1H3/t9?,10?,11-,12-/m1/s1. The normalized spacial score (nSPS) is 44.1. The molecule has 2 nitrogen and oxygen atoms in total. The number of aliphatic hydroxyl groups is 1. The molecule has 2 unspecified atom stereocenters. The van der Waals surface area contributed by atoms with Crippen LogP contribution in [0.4, 0.5) is 0 Å². The molecule has 2 aliphatic carbocycles. The molecule has 2 fully saturated rings. The van der Waals surface area contributed by atoms with Gasteiger partial charge in [0.05, 0.1) is 6.10 Å². The summed E-state index contributed by atoms with van der Waals surface area (Å²) >= 11 is 0. The van der Waals surface area contributed by atoms with Gasteiger partial charge in [0, 0.05) is 12.1 Å². The molecule has 82 valence electrons. The van der Waals surface area contributed by atoms with Crippen molar-refractivity contribution in [3.05, 3.63) is 0 Å². The maximum absolute atomic E-state index is 9.74. The molecular formula is C12H23NO. The fourth-order valence-electron chi connectivity index (χ4n) is 2.97. The van der Waals surface area contributed by atoms with Gasteiger partial charge in [-0.25, -0.2) is 0 Å². The first-order valence-corrected chi connectivity index (χ1v) is 6.21. The van der Waals surface area contributed by atoms with Crippen LogP contribution in [0.5, 0.6) is 0 Å². The van der Waals surface area contributed by atoms with Gasteiger partial charge in [0.25, 0.3) is 0 Å². The lowest BCUT2D eigenvalue weighted by Gasteiger charge is -2.33. The molecule has 14 heavy (non-hydrogen) atoms. The van der Waals surface area contributed by atoms with Gasteiger partial charge in [-0.05, 0) is 38.0 Å². The fourth-order valence-corrected chi connectivity index (χ4v) is 2.97. The van der Waals surface area contributed by atoms with Gasteiger partial charge < -0.3 is 10.4 Å². The first kappa shape index (κ1) is 10.4. The van der Waals surface area contributed by atoms with Crippen LogP contribution in [-0.2, 0) is 0 Å². The highest BCUT2D eigenvalue weighted by Crippen LogP contribution is 2.27. The van der Waals surface area contributed by atoms with E-state index in [1.807, 2.05) is 0 Å². The molecule has 2 heteroatoms. The Morgan fingerprint density at radius 2 is 1.64 bits per heavy atom. The van der Waals surface area contributed by atoms with Crippen molar-refractivity contribution in [1.29, 1.82) is 0 Å². The van der Waals surface area contributed by atoms with Crippen molar-refractivity contribution in [2.45, 2.75) is 70.1 Å². The Balaban J connectivity index is 1.83. The van der Waals surface area contributed by atoms with Crippen molar-refractivity contribution >= 4 is 0 Å². The summed E-state index contributed by atoms with van der Waals surface area (Å²) in [6.07, 6.45) is 8.72. The van der Waals surface area contributed by atoms with Crippen molar-refractivity contribution in [1.82, 2.24) is 5.32 Å². The van der Waals surface area contributed by atoms with Crippen molar-refractivity contribution in [3.63, 3.8) is 0 Å². The molecule has 0 aromatic carbocycles. The zero-order valence-electron chi connectivity index (χ0n) is 9.21. The van der Waals surface area contributed by atoms with E-state index in [1.165, 1.54) is 38.5 Å². The van der Waals surface area contributed by atoms with Crippen molar-refractivity contribution in [2.24, 2.45) is 5.92 Å². The highest BCUT2D eigenvalue weighted by molar-refractivity contribution is 4.88. The maximum atomic E-state index is 9.74. The zero-order chi connectivity index (χ0) is 9.97. The van der Waals surface area contributed by atoms with Crippen LogP contribution < -0.4 is 5.32 Å². The lowest BCUT2D eigenvalue weighted by molar-refractivity contribution is 0.129. The highest BCUT2D eigenvalue weighted by atomic mass is 16.3. The van der Waals surface area contributed by atoms with Gasteiger partial charge in [0.15, 0.2) is 0 Å². The lowest BCUT2D eigenvalue weighted by Crippen LogP contribution is -2.46. The van der Waals surface area contributed by atoms with Crippen LogP contribution >= 0.6 is 0 Å². The summed E-state index contributed by atoms with van der Waals surface area (Å²) < 4.78 is 0. The molecule has 2 saturated carbocycles. The monoisotopic (exact) mass is 197 g/mol. The summed E-state index contributed by atoms with van der Waals surface area (Å²) in [4.78, 5) is 0. The largest absolute Gasteiger partial charge is 0.392 e.